The van der Waals surface area contributed by atoms with Crippen molar-refractivity contribution in [2.75, 3.05) is 0 Å². The van der Waals surface area contributed by atoms with Crippen LogP contribution in [0.2, 0.25) is 0 Å². The van der Waals surface area contributed by atoms with Gasteiger partial charge in [-0.1, -0.05) is 6.07 Å². The minimum Gasteiger partial charge on any atom is -0.366 e. The molecule has 2 aromatic heterocycles. The second-order valence-electron chi connectivity index (χ2n) is 4.08. The Balaban J connectivity index is 1.84. The third kappa shape index (κ3) is 3.38. The number of nitrogens with two attached hydrogens (primary N) is 1. The fourth-order valence-corrected chi connectivity index (χ4v) is 2.38. The minimum absolute atomic E-state index is 0.375. The van der Waals surface area contributed by atoms with Crippen LogP contribution in [0.1, 0.15) is 26.5 Å². The van der Waals surface area contributed by atoms with Gasteiger partial charge in [-0.15, -0.1) is 11.3 Å². The van der Waals surface area contributed by atoms with Gasteiger partial charge in [0.2, 0.25) is 5.91 Å². The number of carbonyl (C=O) groups excluding carboxylic acids is 1. The van der Waals surface area contributed by atoms with Gasteiger partial charge in [-0.2, -0.15) is 0 Å². The van der Waals surface area contributed by atoms with Gasteiger partial charge < -0.3 is 11.1 Å². The average molecular weight is 261 g/mol. The molecule has 2 heterocycles. The van der Waals surface area contributed by atoms with Crippen LogP contribution in [-0.4, -0.2) is 10.9 Å². The summed E-state index contributed by atoms with van der Waals surface area (Å²) in [5, 5.41) is 5.09. The predicted octanol–water partition coefficient (Wildman–Crippen LogP) is 1.84. The van der Waals surface area contributed by atoms with E-state index in [4.69, 9.17) is 5.73 Å². The monoisotopic (exact) mass is 261 g/mol. The first kappa shape index (κ1) is 12.7. The fraction of sp³-hybridized carbons (Fsp3) is 0.231. The number of hydrogen-bond acceptors (Lipinski definition) is 4. The molecule has 0 aromatic carbocycles. The maximum absolute atomic E-state index is 10.9. The van der Waals surface area contributed by atoms with E-state index in [0.717, 1.165) is 29.2 Å². The molecule has 2 rings (SSSR count). The third-order valence-corrected chi connectivity index (χ3v) is 3.48. The number of thiophene rings is 1. The highest BCUT2D eigenvalue weighted by atomic mass is 32.1. The summed E-state index contributed by atoms with van der Waals surface area (Å²) in [5.74, 6) is -0.375. The average Bonchev–Trinajstić information content (AvgIpc) is 2.81. The SMILES string of the molecule is Cc1ccc(CNCc2cc(C(N)=O)cs2)cn1. The molecule has 0 saturated heterocycles. The van der Waals surface area contributed by atoms with Crippen LogP contribution in [0.3, 0.4) is 0 Å². The van der Waals surface area contributed by atoms with Crippen molar-refractivity contribution in [3.05, 3.63) is 51.5 Å². The van der Waals surface area contributed by atoms with Crippen LogP contribution in [0, 0.1) is 6.92 Å². The lowest BCUT2D eigenvalue weighted by molar-refractivity contribution is 0.100. The van der Waals surface area contributed by atoms with Crippen molar-refractivity contribution in [1.82, 2.24) is 10.3 Å². The number of amides is 1. The van der Waals surface area contributed by atoms with Crippen molar-refractivity contribution in [3.63, 3.8) is 0 Å². The van der Waals surface area contributed by atoms with E-state index in [1.54, 1.807) is 5.38 Å². The van der Waals surface area contributed by atoms with Crippen molar-refractivity contribution < 1.29 is 4.79 Å². The third-order valence-electron chi connectivity index (χ3n) is 2.54. The van der Waals surface area contributed by atoms with E-state index in [9.17, 15) is 4.79 Å². The van der Waals surface area contributed by atoms with Gasteiger partial charge in [-0.3, -0.25) is 9.78 Å². The van der Waals surface area contributed by atoms with Gasteiger partial charge in [0.1, 0.15) is 0 Å². The number of carbonyl (C=O) groups is 1. The summed E-state index contributed by atoms with van der Waals surface area (Å²) in [5.41, 5.74) is 7.94. The number of hydrogen-bond donors (Lipinski definition) is 2. The van der Waals surface area contributed by atoms with Crippen molar-refractivity contribution in [1.29, 1.82) is 0 Å². The molecule has 0 spiro atoms. The van der Waals surface area contributed by atoms with E-state index in [1.807, 2.05) is 25.3 Å². The number of nitrogens with zero attached hydrogens (tertiary/aromatic N) is 1. The summed E-state index contributed by atoms with van der Waals surface area (Å²) < 4.78 is 0. The molecule has 0 unspecified atom stereocenters. The first-order valence-electron chi connectivity index (χ1n) is 5.64. The Kier molecular flexibility index (Phi) is 4.07. The zero-order valence-corrected chi connectivity index (χ0v) is 11.0. The fourth-order valence-electron chi connectivity index (χ4n) is 1.54. The standard InChI is InChI=1S/C13H15N3OS/c1-9-2-3-10(6-16-9)5-15-7-12-4-11(8-18-12)13(14)17/h2-4,6,8,15H,5,7H2,1H3,(H2,14,17). The van der Waals surface area contributed by atoms with Crippen molar-refractivity contribution in [2.45, 2.75) is 20.0 Å². The molecule has 0 aliphatic rings. The predicted molar refractivity (Wildman–Crippen MR) is 72.4 cm³/mol. The lowest BCUT2D eigenvalue weighted by atomic mass is 10.2. The second-order valence-corrected chi connectivity index (χ2v) is 5.07. The summed E-state index contributed by atoms with van der Waals surface area (Å²) in [7, 11) is 0. The Morgan fingerprint density at radius 1 is 1.44 bits per heavy atom. The largest absolute Gasteiger partial charge is 0.366 e. The maximum Gasteiger partial charge on any atom is 0.249 e. The lowest BCUT2D eigenvalue weighted by Crippen LogP contribution is -2.12. The van der Waals surface area contributed by atoms with Crippen LogP contribution in [-0.2, 0) is 13.1 Å². The zero-order chi connectivity index (χ0) is 13.0. The Labute approximate surface area is 110 Å². The Bertz CT molecular complexity index is 533. The molecule has 0 saturated carbocycles. The lowest BCUT2D eigenvalue weighted by Gasteiger charge is -2.03. The van der Waals surface area contributed by atoms with Crippen molar-refractivity contribution in [3.8, 4) is 0 Å². The van der Waals surface area contributed by atoms with Gasteiger partial charge in [-0.25, -0.2) is 0 Å². The molecule has 0 aliphatic heterocycles. The van der Waals surface area contributed by atoms with Crippen LogP contribution < -0.4 is 11.1 Å². The van der Waals surface area contributed by atoms with Crippen molar-refractivity contribution in [2.24, 2.45) is 5.73 Å². The first-order chi connectivity index (χ1) is 8.65. The second kappa shape index (κ2) is 5.75. The van der Waals surface area contributed by atoms with Gasteiger partial charge >= 0.3 is 0 Å². The molecule has 0 bridgehead atoms. The van der Waals surface area contributed by atoms with E-state index in [2.05, 4.69) is 16.4 Å². The molecule has 3 N–H and O–H groups in total. The molecular weight excluding hydrogens is 246 g/mol. The molecule has 0 radical (unpaired) electrons. The number of aryl methyl sites for hydroxylation is 1. The van der Waals surface area contributed by atoms with Gasteiger partial charge in [-0.05, 0) is 24.6 Å². The highest BCUT2D eigenvalue weighted by Crippen LogP contribution is 2.14. The van der Waals surface area contributed by atoms with E-state index in [0.29, 0.717) is 5.56 Å². The Morgan fingerprint density at radius 3 is 2.89 bits per heavy atom. The molecule has 0 fully saturated rings. The molecular formula is C13H15N3OS. The summed E-state index contributed by atoms with van der Waals surface area (Å²) in [6.07, 6.45) is 1.87. The summed E-state index contributed by atoms with van der Waals surface area (Å²) in [4.78, 5) is 16.3. The number of rotatable bonds is 5. The van der Waals surface area contributed by atoms with Crippen molar-refractivity contribution >= 4 is 17.2 Å². The smallest absolute Gasteiger partial charge is 0.249 e. The topological polar surface area (TPSA) is 68.0 Å². The van der Waals surface area contributed by atoms with Gasteiger partial charge in [0, 0.05) is 35.2 Å². The highest BCUT2D eigenvalue weighted by molar-refractivity contribution is 7.10. The highest BCUT2D eigenvalue weighted by Gasteiger charge is 2.04. The molecule has 2 aromatic rings. The molecule has 5 heteroatoms. The van der Waals surface area contributed by atoms with Gasteiger partial charge in [0.05, 0.1) is 5.56 Å². The van der Waals surface area contributed by atoms with E-state index < -0.39 is 0 Å². The Hall–Kier alpha value is -1.72. The van der Waals surface area contributed by atoms with Gasteiger partial charge in [0.25, 0.3) is 0 Å². The van der Waals surface area contributed by atoms with E-state index in [-0.39, 0.29) is 5.91 Å². The summed E-state index contributed by atoms with van der Waals surface area (Å²) >= 11 is 1.54. The summed E-state index contributed by atoms with van der Waals surface area (Å²) in [6, 6.07) is 5.87. The van der Waals surface area contributed by atoms with Crippen LogP contribution >= 0.6 is 11.3 Å². The van der Waals surface area contributed by atoms with E-state index >= 15 is 0 Å². The number of primary amides is 1. The first-order valence-corrected chi connectivity index (χ1v) is 6.52. The molecule has 0 aliphatic carbocycles. The number of nitrogens with one attached hydrogen (secondary N) is 1. The van der Waals surface area contributed by atoms with Crippen LogP contribution in [0.5, 0.6) is 0 Å². The molecule has 4 nitrogen and oxygen atoms in total. The zero-order valence-electron chi connectivity index (χ0n) is 10.1. The van der Waals surface area contributed by atoms with Gasteiger partial charge in [0.15, 0.2) is 0 Å². The Morgan fingerprint density at radius 2 is 2.28 bits per heavy atom. The normalized spacial score (nSPS) is 10.5. The number of aromatic nitrogens is 1. The molecule has 18 heavy (non-hydrogen) atoms. The number of pyridine rings is 1. The minimum atomic E-state index is -0.375. The quantitative estimate of drug-likeness (QED) is 0.863. The molecule has 0 atom stereocenters. The van der Waals surface area contributed by atoms with E-state index in [1.165, 1.54) is 11.3 Å². The van der Waals surface area contributed by atoms with Crippen LogP contribution in [0.4, 0.5) is 0 Å². The summed E-state index contributed by atoms with van der Waals surface area (Å²) in [6.45, 7) is 3.46. The van der Waals surface area contributed by atoms with Crippen LogP contribution in [0.15, 0.2) is 29.8 Å². The molecule has 1 amide bonds. The molecule has 94 valence electrons. The van der Waals surface area contributed by atoms with Crippen LogP contribution in [0.25, 0.3) is 0 Å². The maximum atomic E-state index is 10.9.